The van der Waals surface area contributed by atoms with Gasteiger partial charge in [-0.05, 0) is 12.1 Å². The molecule has 6 heteroatoms. The van der Waals surface area contributed by atoms with Crippen LogP contribution in [0.25, 0.3) is 5.69 Å². The molecule has 0 bridgehead atoms. The third-order valence-electron chi connectivity index (χ3n) is 3.69. The number of aliphatic carboxylic acids is 1. The summed E-state index contributed by atoms with van der Waals surface area (Å²) < 4.78 is 1.72. The minimum Gasteiger partial charge on any atom is -0.480 e. The van der Waals surface area contributed by atoms with Crippen LogP contribution in [-0.2, 0) is 4.79 Å². The zero-order valence-electron chi connectivity index (χ0n) is 11.6. The molecule has 1 saturated heterocycles. The van der Waals surface area contributed by atoms with Gasteiger partial charge in [-0.15, -0.1) is 0 Å². The van der Waals surface area contributed by atoms with E-state index in [1.54, 1.807) is 17.1 Å². The summed E-state index contributed by atoms with van der Waals surface area (Å²) >= 11 is 0. The Hall–Kier alpha value is -2.18. The number of benzene rings is 1. The van der Waals surface area contributed by atoms with Crippen molar-refractivity contribution in [3.63, 3.8) is 0 Å². The van der Waals surface area contributed by atoms with Gasteiger partial charge >= 0.3 is 5.97 Å². The second-order valence-electron chi connectivity index (χ2n) is 5.08. The Morgan fingerprint density at radius 1 is 1.24 bits per heavy atom. The summed E-state index contributed by atoms with van der Waals surface area (Å²) in [4.78, 5) is 13.6. The van der Waals surface area contributed by atoms with Crippen molar-refractivity contribution < 1.29 is 9.90 Å². The third-order valence-corrected chi connectivity index (χ3v) is 3.69. The highest BCUT2D eigenvalue weighted by Gasteiger charge is 2.29. The molecule has 1 unspecified atom stereocenters. The van der Waals surface area contributed by atoms with E-state index in [0.717, 1.165) is 31.9 Å². The van der Waals surface area contributed by atoms with E-state index in [1.807, 2.05) is 35.2 Å². The number of carbonyl (C=O) groups is 1. The third kappa shape index (κ3) is 2.96. The lowest BCUT2D eigenvalue weighted by Gasteiger charge is -2.31. The van der Waals surface area contributed by atoms with Gasteiger partial charge in [0.25, 0.3) is 0 Å². The molecule has 2 aromatic rings. The van der Waals surface area contributed by atoms with E-state index >= 15 is 0 Å². The van der Waals surface area contributed by atoms with Crippen molar-refractivity contribution in [2.45, 2.75) is 6.04 Å². The van der Waals surface area contributed by atoms with E-state index in [2.05, 4.69) is 10.4 Å². The van der Waals surface area contributed by atoms with Gasteiger partial charge in [0.05, 0.1) is 11.9 Å². The number of nitrogens with zero attached hydrogens (tertiary/aromatic N) is 3. The Morgan fingerprint density at radius 2 is 1.95 bits per heavy atom. The minimum atomic E-state index is -0.829. The van der Waals surface area contributed by atoms with E-state index in [-0.39, 0.29) is 0 Å². The van der Waals surface area contributed by atoms with Crippen LogP contribution in [0.5, 0.6) is 0 Å². The molecule has 1 aliphatic rings. The minimum absolute atomic E-state index is 0.635. The van der Waals surface area contributed by atoms with Gasteiger partial charge < -0.3 is 10.4 Å². The smallest absolute Gasteiger partial charge is 0.325 e. The van der Waals surface area contributed by atoms with Crippen molar-refractivity contribution in [3.05, 3.63) is 48.3 Å². The first kappa shape index (κ1) is 13.8. The summed E-state index contributed by atoms with van der Waals surface area (Å²) in [5.74, 6) is -0.829. The molecule has 6 nitrogen and oxygen atoms in total. The molecular weight excluding hydrogens is 268 g/mol. The number of piperazine rings is 1. The molecule has 3 rings (SSSR count). The molecule has 1 aromatic heterocycles. The fraction of sp³-hybridized carbons (Fsp3) is 0.333. The Bertz CT molecular complexity index is 605. The van der Waals surface area contributed by atoms with Gasteiger partial charge in [0.15, 0.2) is 0 Å². The van der Waals surface area contributed by atoms with Crippen molar-refractivity contribution in [1.29, 1.82) is 0 Å². The van der Waals surface area contributed by atoms with Gasteiger partial charge in [0, 0.05) is 37.9 Å². The maximum atomic E-state index is 11.6. The zero-order valence-corrected chi connectivity index (χ0v) is 11.6. The molecule has 0 amide bonds. The zero-order chi connectivity index (χ0) is 14.7. The Kier molecular flexibility index (Phi) is 3.98. The summed E-state index contributed by atoms with van der Waals surface area (Å²) in [6, 6.07) is 9.05. The van der Waals surface area contributed by atoms with Crippen LogP contribution < -0.4 is 5.32 Å². The molecule has 0 radical (unpaired) electrons. The predicted octanol–water partition coefficient (Wildman–Crippen LogP) is 0.903. The fourth-order valence-electron chi connectivity index (χ4n) is 2.65. The summed E-state index contributed by atoms with van der Waals surface area (Å²) in [5, 5.41) is 17.1. The maximum absolute atomic E-state index is 11.6. The fourth-order valence-corrected chi connectivity index (χ4v) is 2.65. The average molecular weight is 286 g/mol. The lowest BCUT2D eigenvalue weighted by molar-refractivity contribution is -0.143. The average Bonchev–Trinajstić information content (AvgIpc) is 2.98. The van der Waals surface area contributed by atoms with Gasteiger partial charge in [0.1, 0.15) is 6.04 Å². The molecule has 21 heavy (non-hydrogen) atoms. The van der Waals surface area contributed by atoms with E-state index in [9.17, 15) is 9.90 Å². The molecule has 110 valence electrons. The van der Waals surface area contributed by atoms with Crippen molar-refractivity contribution >= 4 is 5.97 Å². The monoisotopic (exact) mass is 286 g/mol. The number of rotatable bonds is 4. The lowest BCUT2D eigenvalue weighted by atomic mass is 10.1. The molecular formula is C15H18N4O2. The number of aromatic nitrogens is 2. The molecule has 0 saturated carbocycles. The Labute approximate surface area is 123 Å². The SMILES string of the molecule is O=C(O)C(c1cnn(-c2ccccc2)c1)N1CCNCC1. The highest BCUT2D eigenvalue weighted by molar-refractivity contribution is 5.75. The van der Waals surface area contributed by atoms with Gasteiger partial charge in [-0.25, -0.2) is 4.68 Å². The Morgan fingerprint density at radius 3 is 2.62 bits per heavy atom. The molecule has 2 heterocycles. The second-order valence-corrected chi connectivity index (χ2v) is 5.08. The van der Waals surface area contributed by atoms with E-state index in [0.29, 0.717) is 5.56 Å². The topological polar surface area (TPSA) is 70.4 Å². The maximum Gasteiger partial charge on any atom is 0.325 e. The number of para-hydroxylation sites is 1. The van der Waals surface area contributed by atoms with Crippen LogP contribution in [0.15, 0.2) is 42.7 Å². The first-order valence-corrected chi connectivity index (χ1v) is 7.03. The molecule has 1 aliphatic heterocycles. The van der Waals surface area contributed by atoms with Crippen LogP contribution in [0.4, 0.5) is 0 Å². The predicted molar refractivity (Wildman–Crippen MR) is 78.4 cm³/mol. The summed E-state index contributed by atoms with van der Waals surface area (Å²) in [7, 11) is 0. The van der Waals surface area contributed by atoms with E-state index in [1.165, 1.54) is 0 Å². The number of carboxylic acid groups (broad SMARTS) is 1. The van der Waals surface area contributed by atoms with Gasteiger partial charge in [0.2, 0.25) is 0 Å². The largest absolute Gasteiger partial charge is 0.480 e. The molecule has 2 N–H and O–H groups in total. The van der Waals surface area contributed by atoms with Crippen LogP contribution in [-0.4, -0.2) is 51.9 Å². The Balaban J connectivity index is 1.87. The number of nitrogens with one attached hydrogen (secondary N) is 1. The number of carboxylic acids is 1. The summed E-state index contributed by atoms with van der Waals surface area (Å²) in [5.41, 5.74) is 1.64. The van der Waals surface area contributed by atoms with Crippen LogP contribution in [0.2, 0.25) is 0 Å². The van der Waals surface area contributed by atoms with Crippen molar-refractivity contribution in [2.75, 3.05) is 26.2 Å². The highest BCUT2D eigenvalue weighted by Crippen LogP contribution is 2.22. The van der Waals surface area contributed by atoms with Gasteiger partial charge in [-0.3, -0.25) is 9.69 Å². The number of hydrogen-bond acceptors (Lipinski definition) is 4. The normalized spacial score (nSPS) is 17.5. The molecule has 0 spiro atoms. The lowest BCUT2D eigenvalue weighted by Crippen LogP contribution is -2.47. The number of hydrogen-bond donors (Lipinski definition) is 2. The molecule has 1 fully saturated rings. The standard InChI is InChI=1S/C15H18N4O2/c20-15(21)14(18-8-6-16-7-9-18)12-10-17-19(11-12)13-4-2-1-3-5-13/h1-5,10-11,14,16H,6-9H2,(H,20,21). The second kappa shape index (κ2) is 6.07. The van der Waals surface area contributed by atoms with E-state index < -0.39 is 12.0 Å². The van der Waals surface area contributed by atoms with Crippen molar-refractivity contribution in [1.82, 2.24) is 20.0 Å². The quantitative estimate of drug-likeness (QED) is 0.874. The first-order chi connectivity index (χ1) is 10.3. The van der Waals surface area contributed by atoms with Crippen molar-refractivity contribution in [2.24, 2.45) is 0 Å². The molecule has 1 atom stereocenters. The highest BCUT2D eigenvalue weighted by atomic mass is 16.4. The molecule has 0 aliphatic carbocycles. The van der Waals surface area contributed by atoms with Crippen LogP contribution in [0.1, 0.15) is 11.6 Å². The van der Waals surface area contributed by atoms with Crippen LogP contribution in [0, 0.1) is 0 Å². The summed E-state index contributed by atoms with van der Waals surface area (Å²) in [6.45, 7) is 3.09. The summed E-state index contributed by atoms with van der Waals surface area (Å²) in [6.07, 6.45) is 3.45. The van der Waals surface area contributed by atoms with Gasteiger partial charge in [-0.1, -0.05) is 18.2 Å². The van der Waals surface area contributed by atoms with Crippen LogP contribution >= 0.6 is 0 Å². The van der Waals surface area contributed by atoms with Crippen LogP contribution in [0.3, 0.4) is 0 Å². The van der Waals surface area contributed by atoms with Crippen molar-refractivity contribution in [3.8, 4) is 5.69 Å². The first-order valence-electron chi connectivity index (χ1n) is 7.03. The molecule has 1 aromatic carbocycles. The van der Waals surface area contributed by atoms with E-state index in [4.69, 9.17) is 0 Å². The van der Waals surface area contributed by atoms with Gasteiger partial charge in [-0.2, -0.15) is 5.10 Å².